The zero-order valence-corrected chi connectivity index (χ0v) is 29.3. The molecule has 1 aromatic heterocycles. The van der Waals surface area contributed by atoms with Crippen LogP contribution in [0.25, 0.3) is 11.3 Å². The van der Waals surface area contributed by atoms with Gasteiger partial charge in [-0.25, -0.2) is 0 Å². The molecule has 0 bridgehead atoms. The summed E-state index contributed by atoms with van der Waals surface area (Å²) in [6.07, 6.45) is 5.70. The molecule has 2 unspecified atom stereocenters. The number of para-hydroxylation sites is 1. The van der Waals surface area contributed by atoms with Crippen LogP contribution in [0, 0.1) is 0 Å². The largest absolute Gasteiger partial charge is 0.496 e. The molecule has 53 heavy (non-hydrogen) atoms. The standard InChI is InChI=1S/C43H38N4O6/c1-43(32-15-13-28(14-16-32)35(25-40(49)50)46-41(51)30-9-4-3-5-10-30)34(18-20-45-43)38(48)22-27-12-17-33(39(23-27)53-2)36-24-31(26-44-36)42(52)47-21-19-29-8-6-7-11-37(29)47/h3-18,20,23-24,26,35,44H,19,21-22,25H2,1-2H3,(H,46,51)(H,49,50). The molecule has 2 atom stereocenters. The number of ketones is 1. The molecule has 2 amide bonds. The Hall–Kier alpha value is -6.55. The number of aliphatic imine (C=N–C) groups is 1. The van der Waals surface area contributed by atoms with E-state index in [-0.39, 0.29) is 30.4 Å². The average Bonchev–Trinajstić information content (AvgIpc) is 3.94. The average molecular weight is 707 g/mol. The maximum absolute atomic E-state index is 13.9. The molecule has 2 aliphatic rings. The number of fused-ring (bicyclic) bond motifs is 1. The number of benzene rings is 4. The van der Waals surface area contributed by atoms with E-state index in [9.17, 15) is 24.3 Å². The molecule has 3 N–H and O–H groups in total. The van der Waals surface area contributed by atoms with Gasteiger partial charge in [-0.05, 0) is 78.1 Å². The number of carbonyl (C=O) groups excluding carboxylic acids is 3. The summed E-state index contributed by atoms with van der Waals surface area (Å²) in [6, 6.07) is 30.4. The second kappa shape index (κ2) is 14.6. The Balaban J connectivity index is 1.05. The molecular weight excluding hydrogens is 668 g/mol. The van der Waals surface area contributed by atoms with E-state index >= 15 is 0 Å². The van der Waals surface area contributed by atoms with E-state index in [1.54, 1.807) is 73.0 Å². The summed E-state index contributed by atoms with van der Waals surface area (Å²) in [5.41, 5.74) is 6.25. The predicted octanol–water partition coefficient (Wildman–Crippen LogP) is 6.88. The number of anilines is 1. The third-order valence-electron chi connectivity index (χ3n) is 9.98. The van der Waals surface area contributed by atoms with Gasteiger partial charge >= 0.3 is 5.97 Å². The Morgan fingerprint density at radius 1 is 0.943 bits per heavy atom. The smallest absolute Gasteiger partial charge is 0.305 e. The number of aromatic nitrogens is 1. The van der Waals surface area contributed by atoms with Crippen LogP contribution in [-0.2, 0) is 28.0 Å². The summed E-state index contributed by atoms with van der Waals surface area (Å²) in [4.78, 5) is 61.5. The van der Waals surface area contributed by atoms with Crippen LogP contribution < -0.4 is 15.0 Å². The molecule has 2 aliphatic heterocycles. The highest BCUT2D eigenvalue weighted by Crippen LogP contribution is 2.39. The molecule has 4 aromatic carbocycles. The van der Waals surface area contributed by atoms with Crippen LogP contribution in [0.4, 0.5) is 5.69 Å². The van der Waals surface area contributed by atoms with Crippen molar-refractivity contribution in [3.05, 3.63) is 154 Å². The number of aromatic amines is 1. The molecule has 0 saturated heterocycles. The van der Waals surface area contributed by atoms with Gasteiger partial charge < -0.3 is 25.0 Å². The molecule has 0 spiro atoms. The Bertz CT molecular complexity index is 2270. The number of methoxy groups -OCH3 is 1. The van der Waals surface area contributed by atoms with Gasteiger partial charge in [0.2, 0.25) is 0 Å². The lowest BCUT2D eigenvalue weighted by atomic mass is 9.82. The fourth-order valence-electron chi connectivity index (χ4n) is 7.11. The Kier molecular flexibility index (Phi) is 9.60. The SMILES string of the molecule is COc1cc(CC(=O)C2=CC=NC2(C)c2ccc(C(CC(=O)O)NC(=O)c3ccccc3)cc2)ccc1-c1cc(C(=O)N2CCc3ccccc32)c[nH]1. The number of carbonyl (C=O) groups is 4. The fraction of sp³-hybridized carbons (Fsp3) is 0.186. The van der Waals surface area contributed by atoms with Gasteiger partial charge in [0.25, 0.3) is 11.8 Å². The van der Waals surface area contributed by atoms with Crippen molar-refractivity contribution in [3.63, 3.8) is 0 Å². The Labute approximate surface area is 306 Å². The highest BCUT2D eigenvalue weighted by Gasteiger charge is 2.37. The summed E-state index contributed by atoms with van der Waals surface area (Å²) < 4.78 is 5.75. The normalized spacial score (nSPS) is 16.5. The van der Waals surface area contributed by atoms with Crippen molar-refractivity contribution in [1.29, 1.82) is 0 Å². The molecule has 3 heterocycles. The van der Waals surface area contributed by atoms with Gasteiger partial charge in [-0.15, -0.1) is 0 Å². The first-order chi connectivity index (χ1) is 25.6. The number of hydrogen-bond acceptors (Lipinski definition) is 6. The molecule has 5 aromatic rings. The summed E-state index contributed by atoms with van der Waals surface area (Å²) in [5.74, 6) is -1.03. The molecule has 0 fully saturated rings. The van der Waals surface area contributed by atoms with E-state index in [1.807, 2.05) is 61.5 Å². The molecule has 10 nitrogen and oxygen atoms in total. The van der Waals surface area contributed by atoms with Crippen LogP contribution in [0.15, 0.2) is 126 Å². The number of allylic oxidation sites excluding steroid dienone is 1. The van der Waals surface area contributed by atoms with Gasteiger partial charge in [-0.3, -0.25) is 24.2 Å². The number of carboxylic acid groups (broad SMARTS) is 1. The summed E-state index contributed by atoms with van der Waals surface area (Å²) >= 11 is 0. The topological polar surface area (TPSA) is 141 Å². The number of H-pyrrole nitrogens is 1. The van der Waals surface area contributed by atoms with E-state index in [0.717, 1.165) is 40.1 Å². The number of ether oxygens (including phenoxy) is 1. The number of Topliss-reactive ketones (excluding diaryl/α,β-unsaturated/α-hetero) is 1. The number of rotatable bonds is 12. The van der Waals surface area contributed by atoms with Crippen molar-refractivity contribution in [1.82, 2.24) is 10.3 Å². The Morgan fingerprint density at radius 2 is 1.70 bits per heavy atom. The van der Waals surface area contributed by atoms with Gasteiger partial charge in [0.05, 0.1) is 25.1 Å². The van der Waals surface area contributed by atoms with Crippen molar-refractivity contribution in [2.75, 3.05) is 18.6 Å². The van der Waals surface area contributed by atoms with E-state index in [0.29, 0.717) is 34.6 Å². The van der Waals surface area contributed by atoms with Crippen LogP contribution >= 0.6 is 0 Å². The van der Waals surface area contributed by atoms with Crippen molar-refractivity contribution >= 4 is 35.5 Å². The lowest BCUT2D eigenvalue weighted by Crippen LogP contribution is -2.30. The van der Waals surface area contributed by atoms with Crippen LogP contribution in [0.5, 0.6) is 5.75 Å². The van der Waals surface area contributed by atoms with E-state index < -0.39 is 17.6 Å². The molecular formula is C43H38N4O6. The molecule has 266 valence electrons. The van der Waals surface area contributed by atoms with Gasteiger partial charge in [-0.1, -0.05) is 66.7 Å². The van der Waals surface area contributed by atoms with Gasteiger partial charge in [0, 0.05) is 53.5 Å². The van der Waals surface area contributed by atoms with Crippen molar-refractivity contribution in [3.8, 4) is 17.0 Å². The number of carboxylic acids is 1. The third-order valence-corrected chi connectivity index (χ3v) is 9.98. The maximum Gasteiger partial charge on any atom is 0.305 e. The van der Waals surface area contributed by atoms with Gasteiger partial charge in [0.15, 0.2) is 5.78 Å². The van der Waals surface area contributed by atoms with Crippen LogP contribution in [-0.4, -0.2) is 53.5 Å². The maximum atomic E-state index is 13.9. The van der Waals surface area contributed by atoms with Crippen molar-refractivity contribution < 1.29 is 29.0 Å². The van der Waals surface area contributed by atoms with E-state index in [2.05, 4.69) is 21.4 Å². The number of nitrogens with zero attached hydrogens (tertiary/aromatic N) is 2. The summed E-state index contributed by atoms with van der Waals surface area (Å²) in [6.45, 7) is 2.51. The monoisotopic (exact) mass is 706 g/mol. The van der Waals surface area contributed by atoms with E-state index in [4.69, 9.17) is 4.74 Å². The lowest BCUT2D eigenvalue weighted by molar-refractivity contribution is -0.137. The second-order valence-electron chi connectivity index (χ2n) is 13.3. The summed E-state index contributed by atoms with van der Waals surface area (Å²) in [7, 11) is 1.57. The minimum Gasteiger partial charge on any atom is -0.496 e. The first kappa shape index (κ1) is 34.9. The fourth-order valence-corrected chi connectivity index (χ4v) is 7.11. The number of amides is 2. The molecule has 10 heteroatoms. The number of aliphatic carboxylic acids is 1. The first-order valence-corrected chi connectivity index (χ1v) is 17.4. The molecule has 0 aliphatic carbocycles. The van der Waals surface area contributed by atoms with Crippen LogP contribution in [0.1, 0.15) is 62.4 Å². The van der Waals surface area contributed by atoms with E-state index in [1.165, 1.54) is 0 Å². The molecule has 0 saturated carbocycles. The highest BCUT2D eigenvalue weighted by molar-refractivity contribution is 6.08. The summed E-state index contributed by atoms with van der Waals surface area (Å²) in [5, 5.41) is 12.4. The number of hydrogen-bond donors (Lipinski definition) is 3. The van der Waals surface area contributed by atoms with Gasteiger partial charge in [-0.2, -0.15) is 0 Å². The van der Waals surface area contributed by atoms with Gasteiger partial charge in [0.1, 0.15) is 11.3 Å². The lowest BCUT2D eigenvalue weighted by Gasteiger charge is -2.26. The minimum absolute atomic E-state index is 0.0710. The molecule has 7 rings (SSSR count). The third kappa shape index (κ3) is 7.03. The second-order valence-corrected chi connectivity index (χ2v) is 13.3. The molecule has 0 radical (unpaired) electrons. The Morgan fingerprint density at radius 3 is 2.45 bits per heavy atom. The number of nitrogens with one attached hydrogen (secondary N) is 2. The van der Waals surface area contributed by atoms with Crippen LogP contribution in [0.3, 0.4) is 0 Å². The zero-order valence-electron chi connectivity index (χ0n) is 29.3. The van der Waals surface area contributed by atoms with Crippen molar-refractivity contribution in [2.45, 2.75) is 37.8 Å². The minimum atomic E-state index is -1.04. The predicted molar refractivity (Wildman–Crippen MR) is 203 cm³/mol. The first-order valence-electron chi connectivity index (χ1n) is 17.4. The zero-order chi connectivity index (χ0) is 37.1. The highest BCUT2D eigenvalue weighted by atomic mass is 16.5. The van der Waals surface area contributed by atoms with Crippen LogP contribution in [0.2, 0.25) is 0 Å². The van der Waals surface area contributed by atoms with Crippen molar-refractivity contribution in [2.24, 2.45) is 4.99 Å². The quantitative estimate of drug-likeness (QED) is 0.129.